The summed E-state index contributed by atoms with van der Waals surface area (Å²) in [5.41, 5.74) is 11.4. The molecule has 0 N–H and O–H groups in total. The molecule has 0 saturated heterocycles. The van der Waals surface area contributed by atoms with Crippen LogP contribution < -0.4 is 9.47 Å². The van der Waals surface area contributed by atoms with Crippen molar-refractivity contribution in [1.82, 2.24) is 19.3 Å². The molecule has 0 spiro atoms. The predicted octanol–water partition coefficient (Wildman–Crippen LogP) is 9.88. The van der Waals surface area contributed by atoms with E-state index in [1.807, 2.05) is 30.5 Å². The van der Waals surface area contributed by atoms with Crippen molar-refractivity contribution in [2.75, 3.05) is 7.11 Å². The van der Waals surface area contributed by atoms with Crippen molar-refractivity contribution in [1.29, 1.82) is 0 Å². The minimum Gasteiger partial charge on any atom is -0.497 e. The summed E-state index contributed by atoms with van der Waals surface area (Å²) in [5.74, 6) is 3.28. The van der Waals surface area contributed by atoms with Crippen LogP contribution in [0, 0.1) is 20.8 Å². The first kappa shape index (κ1) is 29.4. The topological polar surface area (TPSA) is 54.1 Å². The second-order valence-electron chi connectivity index (χ2n) is 11.8. The largest absolute Gasteiger partial charge is 0.497 e. The van der Waals surface area contributed by atoms with Gasteiger partial charge in [-0.2, -0.15) is 5.10 Å². The van der Waals surface area contributed by atoms with Crippen molar-refractivity contribution in [3.8, 4) is 39.9 Å². The number of nitrogens with zero attached hydrogens (tertiary/aromatic N) is 4. The Morgan fingerprint density at radius 1 is 0.674 bits per heavy atom. The number of aromatic nitrogens is 4. The molecular formula is C40H38N4O2. The highest BCUT2D eigenvalue weighted by Crippen LogP contribution is 2.38. The van der Waals surface area contributed by atoms with Crippen LogP contribution in [0.3, 0.4) is 0 Å². The van der Waals surface area contributed by atoms with E-state index in [1.165, 1.54) is 33.3 Å². The number of aryl methyl sites for hydroxylation is 4. The first-order valence-corrected chi connectivity index (χ1v) is 15.9. The number of pyridine rings is 1. The molecule has 0 atom stereocenters. The smallest absolute Gasteiger partial charge is 0.137 e. The molecule has 0 bridgehead atoms. The monoisotopic (exact) mass is 606 g/mol. The third kappa shape index (κ3) is 5.00. The van der Waals surface area contributed by atoms with Crippen LogP contribution in [0.4, 0.5) is 0 Å². The number of ether oxygens (including phenoxy) is 2. The van der Waals surface area contributed by atoms with E-state index in [0.29, 0.717) is 0 Å². The zero-order chi connectivity index (χ0) is 31.9. The maximum atomic E-state index is 6.56. The Morgan fingerprint density at radius 2 is 1.43 bits per heavy atom. The molecular weight excluding hydrogens is 568 g/mol. The van der Waals surface area contributed by atoms with Crippen LogP contribution in [-0.2, 0) is 12.8 Å². The Balaban J connectivity index is 1.30. The molecule has 3 aromatic heterocycles. The van der Waals surface area contributed by atoms with E-state index in [1.54, 1.807) is 7.11 Å². The second-order valence-corrected chi connectivity index (χ2v) is 11.8. The summed E-state index contributed by atoms with van der Waals surface area (Å²) in [6, 6.07) is 31.3. The molecule has 7 rings (SSSR count). The predicted molar refractivity (Wildman–Crippen MR) is 187 cm³/mol. The molecule has 0 aliphatic rings. The summed E-state index contributed by atoms with van der Waals surface area (Å²) in [6.45, 7) is 10.8. The van der Waals surface area contributed by atoms with Gasteiger partial charge in [0.2, 0.25) is 0 Å². The minimum atomic E-state index is 0.752. The molecule has 0 aliphatic heterocycles. The van der Waals surface area contributed by atoms with E-state index < -0.39 is 0 Å². The number of methoxy groups -OCH3 is 1. The molecule has 3 heterocycles. The molecule has 6 nitrogen and oxygen atoms in total. The highest BCUT2D eigenvalue weighted by Gasteiger charge is 2.22. The van der Waals surface area contributed by atoms with Gasteiger partial charge in [-0.3, -0.25) is 4.57 Å². The van der Waals surface area contributed by atoms with Crippen molar-refractivity contribution in [2.45, 2.75) is 47.5 Å². The van der Waals surface area contributed by atoms with Crippen LogP contribution in [0.25, 0.3) is 44.4 Å². The minimum absolute atomic E-state index is 0.752. The lowest BCUT2D eigenvalue weighted by Gasteiger charge is -2.15. The number of benzene rings is 4. The third-order valence-corrected chi connectivity index (χ3v) is 8.79. The molecule has 230 valence electrons. The molecule has 4 aromatic carbocycles. The lowest BCUT2D eigenvalue weighted by molar-refractivity contribution is 0.414. The number of hydrogen-bond acceptors (Lipinski definition) is 4. The summed E-state index contributed by atoms with van der Waals surface area (Å²) < 4.78 is 16.4. The summed E-state index contributed by atoms with van der Waals surface area (Å²) in [7, 11) is 1.72. The molecule has 0 fully saturated rings. The van der Waals surface area contributed by atoms with Crippen LogP contribution >= 0.6 is 0 Å². The summed E-state index contributed by atoms with van der Waals surface area (Å²) in [5, 5.41) is 7.50. The number of fused-ring (bicyclic) bond motifs is 3. The molecule has 46 heavy (non-hydrogen) atoms. The Labute approximate surface area is 269 Å². The van der Waals surface area contributed by atoms with Crippen LogP contribution in [0.2, 0.25) is 0 Å². The van der Waals surface area contributed by atoms with E-state index in [0.717, 1.165) is 69.3 Å². The van der Waals surface area contributed by atoms with Crippen molar-refractivity contribution in [3.63, 3.8) is 0 Å². The molecule has 0 radical (unpaired) electrons. The second kappa shape index (κ2) is 11.9. The first-order chi connectivity index (χ1) is 22.4. The van der Waals surface area contributed by atoms with E-state index in [4.69, 9.17) is 19.6 Å². The number of hydrogen-bond donors (Lipinski definition) is 0. The van der Waals surface area contributed by atoms with Crippen LogP contribution in [0.15, 0.2) is 97.2 Å². The Hall–Kier alpha value is -5.36. The normalized spacial score (nSPS) is 11.4. The fourth-order valence-corrected chi connectivity index (χ4v) is 6.73. The van der Waals surface area contributed by atoms with E-state index in [9.17, 15) is 0 Å². The third-order valence-electron chi connectivity index (χ3n) is 8.79. The summed E-state index contributed by atoms with van der Waals surface area (Å²) in [6.07, 6.45) is 3.54. The highest BCUT2D eigenvalue weighted by molar-refractivity contribution is 6.09. The van der Waals surface area contributed by atoms with Crippen molar-refractivity contribution < 1.29 is 9.47 Å². The quantitative estimate of drug-likeness (QED) is 0.173. The van der Waals surface area contributed by atoms with Gasteiger partial charge in [0.05, 0.1) is 35.2 Å². The fraction of sp³-hybridized carbons (Fsp3) is 0.200. The number of rotatable bonds is 8. The highest BCUT2D eigenvalue weighted by atomic mass is 16.5. The molecule has 0 amide bonds. The SMILES string of the molecule is CCc1nn(-c2cccc(Oc3ccc4c5ccccc5n(-c5cc(C)ccn5)c4c3)c2)c(CC)c1-c1c(C)cc(OC)cc1C. The van der Waals surface area contributed by atoms with Crippen LogP contribution in [0.1, 0.15) is 41.9 Å². The van der Waals surface area contributed by atoms with Crippen LogP contribution in [-0.4, -0.2) is 26.4 Å². The standard InChI is InChI=1S/C40H38N4O2/c1-7-34-40(39-26(4)21-31(45-6)22-27(39)5)35(8-2)44(42-34)28-12-11-13-29(23-28)46-30-16-17-33-32-14-9-10-15-36(32)43(37(33)24-30)38-20-25(3)18-19-41-38/h9-24H,7-8H2,1-6H3. The first-order valence-electron chi connectivity index (χ1n) is 15.9. The lowest BCUT2D eigenvalue weighted by atomic mass is 9.92. The van der Waals surface area contributed by atoms with Gasteiger partial charge in [0, 0.05) is 34.7 Å². The number of para-hydroxylation sites is 1. The molecule has 0 saturated carbocycles. The van der Waals surface area contributed by atoms with Crippen molar-refractivity contribution in [2.24, 2.45) is 0 Å². The van der Waals surface area contributed by atoms with Gasteiger partial charge in [-0.05, 0) is 110 Å². The Bertz CT molecular complexity index is 2220. The van der Waals surface area contributed by atoms with Gasteiger partial charge >= 0.3 is 0 Å². The van der Waals surface area contributed by atoms with Gasteiger partial charge in [0.1, 0.15) is 23.1 Å². The average Bonchev–Trinajstić information content (AvgIpc) is 3.59. The Kier molecular flexibility index (Phi) is 7.57. The molecule has 0 unspecified atom stereocenters. The molecule has 7 aromatic rings. The van der Waals surface area contributed by atoms with Gasteiger partial charge in [-0.25, -0.2) is 9.67 Å². The summed E-state index contributed by atoms with van der Waals surface area (Å²) in [4.78, 5) is 4.72. The average molecular weight is 607 g/mol. The zero-order valence-electron chi connectivity index (χ0n) is 27.3. The van der Waals surface area contributed by atoms with Gasteiger partial charge in [0.15, 0.2) is 0 Å². The molecule has 6 heteroatoms. The summed E-state index contributed by atoms with van der Waals surface area (Å²) >= 11 is 0. The zero-order valence-corrected chi connectivity index (χ0v) is 27.3. The van der Waals surface area contributed by atoms with Crippen molar-refractivity contribution in [3.05, 3.63) is 125 Å². The van der Waals surface area contributed by atoms with E-state index in [-0.39, 0.29) is 0 Å². The van der Waals surface area contributed by atoms with Gasteiger partial charge in [-0.1, -0.05) is 38.1 Å². The van der Waals surface area contributed by atoms with Gasteiger partial charge < -0.3 is 9.47 Å². The van der Waals surface area contributed by atoms with Gasteiger partial charge in [-0.15, -0.1) is 0 Å². The van der Waals surface area contributed by atoms with Gasteiger partial charge in [0.25, 0.3) is 0 Å². The lowest BCUT2D eigenvalue weighted by Crippen LogP contribution is -2.03. The maximum absolute atomic E-state index is 6.56. The molecule has 0 aliphatic carbocycles. The van der Waals surface area contributed by atoms with Crippen LogP contribution in [0.5, 0.6) is 17.2 Å². The fourth-order valence-electron chi connectivity index (χ4n) is 6.73. The Morgan fingerprint density at radius 3 is 2.17 bits per heavy atom. The van der Waals surface area contributed by atoms with Crippen molar-refractivity contribution >= 4 is 21.8 Å². The van der Waals surface area contributed by atoms with E-state index in [2.05, 4.69) is 111 Å². The maximum Gasteiger partial charge on any atom is 0.137 e. The van der Waals surface area contributed by atoms with E-state index >= 15 is 0 Å².